The van der Waals surface area contributed by atoms with Crippen molar-refractivity contribution in [3.63, 3.8) is 0 Å². The number of nitrogens with zero attached hydrogens (tertiary/aromatic N) is 3. The average molecular weight is 419 g/mol. The second-order valence-corrected chi connectivity index (χ2v) is 8.48. The Hall–Kier alpha value is -1.90. The first-order chi connectivity index (χ1) is 14.3. The summed E-state index contributed by atoms with van der Waals surface area (Å²) < 4.78 is 17.5. The maximum Gasteiger partial charge on any atom is 0.236 e. The lowest BCUT2D eigenvalue weighted by Gasteiger charge is -2.35. The van der Waals surface area contributed by atoms with Crippen molar-refractivity contribution < 1.29 is 13.9 Å². The quantitative estimate of drug-likeness (QED) is 0.572. The van der Waals surface area contributed by atoms with Gasteiger partial charge in [-0.3, -0.25) is 4.99 Å². The molecule has 0 aromatic carbocycles. The number of oxazole rings is 1. The number of ether oxygens (including phenoxy) is 2. The van der Waals surface area contributed by atoms with E-state index >= 15 is 0 Å². The first-order valence-electron chi connectivity index (χ1n) is 10.5. The number of hydrogen-bond donors (Lipinski definition) is 1. The van der Waals surface area contributed by atoms with Crippen LogP contribution in [0.25, 0.3) is 10.8 Å². The molecule has 158 valence electrons. The van der Waals surface area contributed by atoms with Gasteiger partial charge >= 0.3 is 0 Å². The van der Waals surface area contributed by atoms with E-state index in [1.807, 2.05) is 24.6 Å². The third kappa shape index (κ3) is 5.58. The van der Waals surface area contributed by atoms with Crippen molar-refractivity contribution in [2.24, 2.45) is 4.99 Å². The van der Waals surface area contributed by atoms with E-state index in [9.17, 15) is 0 Å². The van der Waals surface area contributed by atoms with E-state index in [0.29, 0.717) is 18.5 Å². The number of thiophene rings is 1. The highest BCUT2D eigenvalue weighted by Gasteiger charge is 2.24. The Balaban J connectivity index is 1.20. The van der Waals surface area contributed by atoms with Crippen molar-refractivity contribution in [2.75, 3.05) is 33.4 Å². The minimum absolute atomic E-state index is 0.290. The molecule has 4 rings (SSSR count). The minimum Gasteiger partial charge on any atom is -0.443 e. The number of rotatable bonds is 6. The fourth-order valence-electron chi connectivity index (χ4n) is 3.82. The lowest BCUT2D eigenvalue weighted by Crippen LogP contribution is -2.47. The average Bonchev–Trinajstić information content (AvgIpc) is 3.46. The summed E-state index contributed by atoms with van der Waals surface area (Å²) in [5.74, 6) is 1.58. The van der Waals surface area contributed by atoms with Crippen LogP contribution in [0.1, 0.15) is 37.8 Å². The number of aromatic nitrogens is 1. The predicted octanol–water partition coefficient (Wildman–Crippen LogP) is 3.53. The molecule has 0 bridgehead atoms. The minimum atomic E-state index is 0.290. The van der Waals surface area contributed by atoms with Gasteiger partial charge in [0.1, 0.15) is 6.26 Å². The molecular formula is C21H30N4O3S. The van der Waals surface area contributed by atoms with E-state index in [1.165, 1.54) is 12.8 Å². The highest BCUT2D eigenvalue weighted by molar-refractivity contribution is 7.13. The van der Waals surface area contributed by atoms with Crippen LogP contribution >= 0.6 is 11.3 Å². The monoisotopic (exact) mass is 418 g/mol. The highest BCUT2D eigenvalue weighted by Crippen LogP contribution is 2.23. The Morgan fingerprint density at radius 3 is 2.97 bits per heavy atom. The summed E-state index contributed by atoms with van der Waals surface area (Å²) in [5, 5.41) is 5.43. The zero-order valence-corrected chi connectivity index (χ0v) is 17.8. The Bertz CT molecular complexity index is 763. The molecule has 0 amide bonds. The summed E-state index contributed by atoms with van der Waals surface area (Å²) in [6, 6.07) is 4.01. The number of aliphatic imine (C=N–C) groups is 1. The van der Waals surface area contributed by atoms with Crippen LogP contribution in [-0.2, 0) is 16.0 Å². The van der Waals surface area contributed by atoms with Crippen LogP contribution in [0.3, 0.4) is 0 Å². The van der Waals surface area contributed by atoms with E-state index in [-0.39, 0.29) is 6.10 Å². The van der Waals surface area contributed by atoms with Gasteiger partial charge < -0.3 is 24.1 Å². The van der Waals surface area contributed by atoms with E-state index in [4.69, 9.17) is 13.9 Å². The molecule has 8 heteroatoms. The van der Waals surface area contributed by atoms with Crippen molar-refractivity contribution in [1.82, 2.24) is 15.2 Å². The molecule has 0 radical (unpaired) electrons. The number of hydrogen-bond acceptors (Lipinski definition) is 6. The molecule has 0 aliphatic carbocycles. The lowest BCUT2D eigenvalue weighted by atomic mass is 10.1. The molecule has 29 heavy (non-hydrogen) atoms. The molecule has 1 N–H and O–H groups in total. The van der Waals surface area contributed by atoms with E-state index in [0.717, 1.165) is 62.1 Å². The smallest absolute Gasteiger partial charge is 0.236 e. The lowest BCUT2D eigenvalue weighted by molar-refractivity contribution is -0.0721. The van der Waals surface area contributed by atoms with Gasteiger partial charge in [-0.15, -0.1) is 11.3 Å². The fourth-order valence-corrected chi connectivity index (χ4v) is 4.48. The number of likely N-dealkylation sites (tertiary alicyclic amines) is 1. The maximum atomic E-state index is 6.12. The van der Waals surface area contributed by atoms with Crippen molar-refractivity contribution in [1.29, 1.82) is 0 Å². The van der Waals surface area contributed by atoms with Gasteiger partial charge in [0, 0.05) is 26.7 Å². The van der Waals surface area contributed by atoms with E-state index in [2.05, 4.69) is 20.2 Å². The molecule has 0 saturated carbocycles. The SMILES string of the molecule is CN=C(NCc1coc(-c2cccs2)n1)N1CCC(OCC2CCCCO2)CC1. The molecule has 2 aliphatic heterocycles. The van der Waals surface area contributed by atoms with Gasteiger partial charge in [0.2, 0.25) is 5.89 Å². The van der Waals surface area contributed by atoms with Crippen LogP contribution in [0.5, 0.6) is 0 Å². The molecule has 2 aromatic heterocycles. The predicted molar refractivity (Wildman–Crippen MR) is 114 cm³/mol. The van der Waals surface area contributed by atoms with E-state index < -0.39 is 0 Å². The molecule has 1 atom stereocenters. The van der Waals surface area contributed by atoms with Crippen LogP contribution in [0, 0.1) is 0 Å². The van der Waals surface area contributed by atoms with Gasteiger partial charge in [-0.25, -0.2) is 4.98 Å². The van der Waals surface area contributed by atoms with Gasteiger partial charge in [0.15, 0.2) is 5.96 Å². The Morgan fingerprint density at radius 1 is 1.34 bits per heavy atom. The zero-order valence-electron chi connectivity index (χ0n) is 17.0. The normalized spacial score (nSPS) is 21.5. The van der Waals surface area contributed by atoms with Crippen molar-refractivity contribution in [3.05, 3.63) is 29.5 Å². The third-order valence-corrected chi connectivity index (χ3v) is 6.31. The molecule has 2 saturated heterocycles. The molecule has 4 heterocycles. The van der Waals surface area contributed by atoms with Gasteiger partial charge in [0.25, 0.3) is 0 Å². The molecule has 1 unspecified atom stereocenters. The summed E-state index contributed by atoms with van der Waals surface area (Å²) in [7, 11) is 1.82. The topological polar surface area (TPSA) is 72.1 Å². The van der Waals surface area contributed by atoms with Gasteiger partial charge in [-0.2, -0.15) is 0 Å². The Kier molecular flexibility index (Phi) is 7.18. The molecule has 2 fully saturated rings. The van der Waals surface area contributed by atoms with Crippen molar-refractivity contribution in [2.45, 2.75) is 50.9 Å². The second kappa shape index (κ2) is 10.2. The van der Waals surface area contributed by atoms with Gasteiger partial charge in [-0.1, -0.05) is 6.07 Å². The first-order valence-corrected chi connectivity index (χ1v) is 11.4. The molecule has 2 aromatic rings. The zero-order chi connectivity index (χ0) is 19.9. The standard InChI is InChI=1S/C21H30N4O3S/c1-22-21(23-13-16-14-28-20(24-16)19-6-4-12-29-19)25-9-7-17(8-10-25)27-15-18-5-2-3-11-26-18/h4,6,12,14,17-18H,2-3,5,7-11,13,15H2,1H3,(H,22,23). The first kappa shape index (κ1) is 20.4. The van der Waals surface area contributed by atoms with Crippen LogP contribution in [0.2, 0.25) is 0 Å². The third-order valence-electron chi connectivity index (χ3n) is 5.46. The molecule has 7 nitrogen and oxygen atoms in total. The van der Waals surface area contributed by atoms with Crippen molar-refractivity contribution in [3.8, 4) is 10.8 Å². The molecule has 0 spiro atoms. The summed E-state index contributed by atoms with van der Waals surface area (Å²) in [5.41, 5.74) is 0.875. The molecular weight excluding hydrogens is 388 g/mol. The number of guanidine groups is 1. The maximum absolute atomic E-state index is 6.12. The highest BCUT2D eigenvalue weighted by atomic mass is 32.1. The van der Waals surface area contributed by atoms with Crippen LogP contribution in [0.15, 0.2) is 33.2 Å². The fraction of sp³-hybridized carbons (Fsp3) is 0.619. The number of piperidine rings is 1. The summed E-state index contributed by atoms with van der Waals surface area (Å²) in [4.78, 5) is 12.3. The van der Waals surface area contributed by atoms with E-state index in [1.54, 1.807) is 17.6 Å². The summed E-state index contributed by atoms with van der Waals surface area (Å²) in [6.07, 6.45) is 7.92. The van der Waals surface area contributed by atoms with Crippen LogP contribution in [-0.4, -0.2) is 61.4 Å². The van der Waals surface area contributed by atoms with Gasteiger partial charge in [-0.05, 0) is 43.6 Å². The molecule has 2 aliphatic rings. The summed E-state index contributed by atoms with van der Waals surface area (Å²) >= 11 is 1.63. The number of nitrogens with one attached hydrogen (secondary N) is 1. The van der Waals surface area contributed by atoms with Gasteiger partial charge in [0.05, 0.1) is 35.9 Å². The largest absolute Gasteiger partial charge is 0.443 e. The Morgan fingerprint density at radius 2 is 2.24 bits per heavy atom. The van der Waals surface area contributed by atoms with Crippen LogP contribution in [0.4, 0.5) is 0 Å². The summed E-state index contributed by atoms with van der Waals surface area (Å²) in [6.45, 7) is 4.09. The second-order valence-electron chi connectivity index (χ2n) is 7.53. The van der Waals surface area contributed by atoms with Crippen molar-refractivity contribution >= 4 is 17.3 Å². The van der Waals surface area contributed by atoms with Crippen LogP contribution < -0.4 is 5.32 Å². The Labute approximate surface area is 176 Å².